The van der Waals surface area contributed by atoms with Crippen molar-refractivity contribution in [1.29, 1.82) is 0 Å². The normalized spacial score (nSPS) is 16.4. The summed E-state index contributed by atoms with van der Waals surface area (Å²) in [4.78, 5) is 13.9. The van der Waals surface area contributed by atoms with Gasteiger partial charge in [0.2, 0.25) is 5.91 Å². The lowest BCUT2D eigenvalue weighted by Gasteiger charge is -2.20. The molecular weight excluding hydrogens is 280 g/mol. The van der Waals surface area contributed by atoms with Crippen LogP contribution in [-0.4, -0.2) is 30.4 Å². The van der Waals surface area contributed by atoms with E-state index in [9.17, 15) is 4.79 Å². The number of thiophene rings is 1. The van der Waals surface area contributed by atoms with Gasteiger partial charge < -0.3 is 10.2 Å². The second kappa shape index (κ2) is 7.05. The monoisotopic (exact) mass is 302 g/mol. The van der Waals surface area contributed by atoms with E-state index in [4.69, 9.17) is 0 Å². The van der Waals surface area contributed by atoms with Crippen LogP contribution in [0, 0.1) is 0 Å². The molecule has 0 spiro atoms. The molecule has 1 N–H and O–H groups in total. The standard InChI is InChI=1S/C17H22N2OS/c20-17-8-2-1-5-10-19(17)11-9-18-12-14-13-21-16-7-4-3-6-15(14)16/h3-4,6-7,13,18H,1-2,5,8-12H2. The lowest BCUT2D eigenvalue weighted by atomic mass is 10.2. The fourth-order valence-electron chi connectivity index (χ4n) is 2.88. The Kier molecular flexibility index (Phi) is 4.88. The van der Waals surface area contributed by atoms with Gasteiger partial charge in [0.15, 0.2) is 0 Å². The van der Waals surface area contributed by atoms with Crippen LogP contribution >= 0.6 is 11.3 Å². The summed E-state index contributed by atoms with van der Waals surface area (Å²) in [5.74, 6) is 0.329. The molecule has 1 aromatic heterocycles. The first kappa shape index (κ1) is 14.5. The van der Waals surface area contributed by atoms with Crippen molar-refractivity contribution in [3.05, 3.63) is 35.2 Å². The summed E-state index contributed by atoms with van der Waals surface area (Å²) in [5.41, 5.74) is 1.36. The Labute approximate surface area is 130 Å². The highest BCUT2D eigenvalue weighted by Crippen LogP contribution is 2.25. The van der Waals surface area contributed by atoms with Crippen molar-refractivity contribution in [2.24, 2.45) is 0 Å². The third kappa shape index (κ3) is 3.63. The highest BCUT2D eigenvalue weighted by molar-refractivity contribution is 7.17. The molecule has 1 aliphatic heterocycles. The van der Waals surface area contributed by atoms with Crippen LogP contribution < -0.4 is 5.32 Å². The second-order valence-corrected chi connectivity index (χ2v) is 6.54. The molecule has 3 rings (SSSR count). The lowest BCUT2D eigenvalue weighted by molar-refractivity contribution is -0.130. The third-order valence-electron chi connectivity index (χ3n) is 4.11. The summed E-state index contributed by atoms with van der Waals surface area (Å²) >= 11 is 1.80. The van der Waals surface area contributed by atoms with Crippen LogP contribution in [-0.2, 0) is 11.3 Å². The quantitative estimate of drug-likeness (QED) is 0.859. The molecule has 0 atom stereocenters. The molecule has 4 heteroatoms. The zero-order valence-corrected chi connectivity index (χ0v) is 13.1. The molecule has 0 bridgehead atoms. The van der Waals surface area contributed by atoms with E-state index in [0.29, 0.717) is 5.91 Å². The molecule has 0 unspecified atom stereocenters. The van der Waals surface area contributed by atoms with Crippen molar-refractivity contribution in [2.75, 3.05) is 19.6 Å². The highest BCUT2D eigenvalue weighted by atomic mass is 32.1. The van der Waals surface area contributed by atoms with Gasteiger partial charge in [0, 0.05) is 37.3 Å². The summed E-state index contributed by atoms with van der Waals surface area (Å²) in [7, 11) is 0. The van der Waals surface area contributed by atoms with E-state index in [1.807, 2.05) is 4.90 Å². The van der Waals surface area contributed by atoms with Gasteiger partial charge in [0.25, 0.3) is 0 Å². The average Bonchev–Trinajstić information content (AvgIpc) is 2.81. The van der Waals surface area contributed by atoms with Crippen molar-refractivity contribution in [2.45, 2.75) is 32.2 Å². The summed E-state index contributed by atoms with van der Waals surface area (Å²) < 4.78 is 1.34. The Hall–Kier alpha value is -1.39. The van der Waals surface area contributed by atoms with E-state index >= 15 is 0 Å². The number of carbonyl (C=O) groups is 1. The van der Waals surface area contributed by atoms with Crippen LogP contribution in [0.3, 0.4) is 0 Å². The van der Waals surface area contributed by atoms with E-state index in [-0.39, 0.29) is 0 Å². The summed E-state index contributed by atoms with van der Waals surface area (Å²) in [5, 5.41) is 7.06. The maximum Gasteiger partial charge on any atom is 0.222 e. The summed E-state index contributed by atoms with van der Waals surface area (Å²) in [6.45, 7) is 3.52. The van der Waals surface area contributed by atoms with Gasteiger partial charge in [-0.1, -0.05) is 24.6 Å². The van der Waals surface area contributed by atoms with E-state index in [0.717, 1.165) is 45.4 Å². The molecule has 1 aliphatic rings. The van der Waals surface area contributed by atoms with Crippen molar-refractivity contribution in [3.63, 3.8) is 0 Å². The van der Waals surface area contributed by atoms with Crippen LogP contribution in [0.1, 0.15) is 31.2 Å². The first-order valence-electron chi connectivity index (χ1n) is 7.78. The zero-order chi connectivity index (χ0) is 14.5. The van der Waals surface area contributed by atoms with Gasteiger partial charge in [-0.15, -0.1) is 11.3 Å². The molecule has 2 heterocycles. The maximum absolute atomic E-state index is 11.9. The van der Waals surface area contributed by atoms with Gasteiger partial charge in [-0.25, -0.2) is 0 Å². The Morgan fingerprint density at radius 3 is 3.05 bits per heavy atom. The van der Waals surface area contributed by atoms with E-state index in [1.165, 1.54) is 22.1 Å². The van der Waals surface area contributed by atoms with E-state index in [2.05, 4.69) is 35.0 Å². The smallest absolute Gasteiger partial charge is 0.222 e. The SMILES string of the molecule is O=C1CCCCCN1CCNCc1csc2ccccc12. The number of nitrogens with one attached hydrogen (secondary N) is 1. The topological polar surface area (TPSA) is 32.3 Å². The largest absolute Gasteiger partial charge is 0.341 e. The molecule has 1 saturated heterocycles. The molecule has 0 saturated carbocycles. The van der Waals surface area contributed by atoms with Crippen LogP contribution in [0.2, 0.25) is 0 Å². The van der Waals surface area contributed by atoms with Crippen molar-refractivity contribution >= 4 is 27.3 Å². The number of carbonyl (C=O) groups excluding carboxylic acids is 1. The van der Waals surface area contributed by atoms with Gasteiger partial charge in [-0.3, -0.25) is 4.79 Å². The van der Waals surface area contributed by atoms with Gasteiger partial charge >= 0.3 is 0 Å². The van der Waals surface area contributed by atoms with Crippen LogP contribution in [0.25, 0.3) is 10.1 Å². The Morgan fingerprint density at radius 2 is 2.10 bits per heavy atom. The minimum atomic E-state index is 0.329. The number of nitrogens with zero attached hydrogens (tertiary/aromatic N) is 1. The Morgan fingerprint density at radius 1 is 1.19 bits per heavy atom. The molecule has 21 heavy (non-hydrogen) atoms. The second-order valence-electron chi connectivity index (χ2n) is 5.63. The minimum absolute atomic E-state index is 0.329. The Balaban J connectivity index is 1.48. The first-order valence-corrected chi connectivity index (χ1v) is 8.66. The number of hydrogen-bond acceptors (Lipinski definition) is 3. The minimum Gasteiger partial charge on any atom is -0.341 e. The van der Waals surface area contributed by atoms with Gasteiger partial charge in [0.1, 0.15) is 0 Å². The highest BCUT2D eigenvalue weighted by Gasteiger charge is 2.15. The van der Waals surface area contributed by atoms with Gasteiger partial charge in [0.05, 0.1) is 0 Å². The molecular formula is C17H22N2OS. The number of hydrogen-bond donors (Lipinski definition) is 1. The predicted molar refractivity (Wildman–Crippen MR) is 88.6 cm³/mol. The van der Waals surface area contributed by atoms with Crippen LogP contribution in [0.15, 0.2) is 29.6 Å². The molecule has 1 fully saturated rings. The molecule has 2 aromatic rings. The summed E-state index contributed by atoms with van der Waals surface area (Å²) in [6.07, 6.45) is 4.14. The lowest BCUT2D eigenvalue weighted by Crippen LogP contribution is -2.36. The predicted octanol–water partition coefficient (Wildman–Crippen LogP) is 3.39. The summed E-state index contributed by atoms with van der Waals surface area (Å²) in [6, 6.07) is 8.52. The van der Waals surface area contributed by atoms with E-state index in [1.54, 1.807) is 11.3 Å². The third-order valence-corrected chi connectivity index (χ3v) is 5.12. The Bertz CT molecular complexity index is 608. The van der Waals surface area contributed by atoms with Crippen molar-refractivity contribution < 1.29 is 4.79 Å². The number of amides is 1. The van der Waals surface area contributed by atoms with Gasteiger partial charge in [-0.05, 0) is 35.2 Å². The first-order chi connectivity index (χ1) is 10.3. The molecule has 0 radical (unpaired) electrons. The molecule has 112 valence electrons. The number of benzene rings is 1. The number of rotatable bonds is 5. The van der Waals surface area contributed by atoms with Gasteiger partial charge in [-0.2, -0.15) is 0 Å². The zero-order valence-electron chi connectivity index (χ0n) is 12.3. The fourth-order valence-corrected chi connectivity index (χ4v) is 3.84. The van der Waals surface area contributed by atoms with Crippen molar-refractivity contribution in [3.8, 4) is 0 Å². The van der Waals surface area contributed by atoms with Crippen molar-refractivity contribution in [1.82, 2.24) is 10.2 Å². The van der Waals surface area contributed by atoms with Crippen LogP contribution in [0.4, 0.5) is 0 Å². The molecule has 1 aromatic carbocycles. The molecule has 0 aliphatic carbocycles. The molecule has 1 amide bonds. The molecule has 3 nitrogen and oxygen atoms in total. The number of likely N-dealkylation sites (tertiary alicyclic amines) is 1. The number of fused-ring (bicyclic) bond motifs is 1. The average molecular weight is 302 g/mol. The maximum atomic E-state index is 11.9. The fraction of sp³-hybridized carbons (Fsp3) is 0.471. The van der Waals surface area contributed by atoms with Crippen LogP contribution in [0.5, 0.6) is 0 Å². The van der Waals surface area contributed by atoms with E-state index < -0.39 is 0 Å².